The molecule has 0 saturated heterocycles. The van der Waals surface area contributed by atoms with Crippen LogP contribution in [0.2, 0.25) is 0 Å². The van der Waals surface area contributed by atoms with Gasteiger partial charge in [0.05, 0.1) is 11.0 Å². The first-order chi connectivity index (χ1) is 7.42. The third kappa shape index (κ3) is 3.81. The van der Waals surface area contributed by atoms with Gasteiger partial charge in [-0.25, -0.2) is 12.8 Å². The van der Waals surface area contributed by atoms with E-state index in [-0.39, 0.29) is 12.4 Å². The molecule has 0 atom stereocenters. The lowest BCUT2D eigenvalue weighted by Crippen LogP contribution is -2.22. The Labute approximate surface area is 95.2 Å². The Balaban J connectivity index is 2.48. The smallest absolute Gasteiger partial charge is 0.155 e. The predicted octanol–water partition coefficient (Wildman–Crippen LogP) is 2.03. The number of rotatable bonds is 5. The van der Waals surface area contributed by atoms with E-state index in [4.69, 9.17) is 4.74 Å². The number of hydrogen-bond acceptors (Lipinski definition) is 3. The molecule has 0 spiro atoms. The van der Waals surface area contributed by atoms with Gasteiger partial charge in [0.15, 0.2) is 9.84 Å². The van der Waals surface area contributed by atoms with E-state index in [0.29, 0.717) is 5.75 Å². The Morgan fingerprint density at radius 2 is 2.06 bits per heavy atom. The summed E-state index contributed by atoms with van der Waals surface area (Å²) in [4.78, 5) is 0. The number of ether oxygens (including phenoxy) is 1. The van der Waals surface area contributed by atoms with Crippen molar-refractivity contribution in [1.29, 1.82) is 0 Å². The second-order valence-electron chi connectivity index (χ2n) is 3.72. The summed E-state index contributed by atoms with van der Waals surface area (Å²) in [5, 5.41) is -0.413. The van der Waals surface area contributed by atoms with Gasteiger partial charge in [0, 0.05) is 6.07 Å². The van der Waals surface area contributed by atoms with Crippen molar-refractivity contribution in [2.45, 2.75) is 19.1 Å². The number of sulfone groups is 1. The van der Waals surface area contributed by atoms with Crippen LogP contribution >= 0.6 is 0 Å². The molecule has 0 heterocycles. The second-order valence-corrected chi connectivity index (χ2v) is 6.40. The van der Waals surface area contributed by atoms with Crippen molar-refractivity contribution < 1.29 is 17.5 Å². The summed E-state index contributed by atoms with van der Waals surface area (Å²) in [5.41, 5.74) is 0. The lowest BCUT2D eigenvalue weighted by Gasteiger charge is -2.09. The van der Waals surface area contributed by atoms with Crippen molar-refractivity contribution >= 4 is 9.84 Å². The largest absolute Gasteiger partial charge is 0.492 e. The van der Waals surface area contributed by atoms with Gasteiger partial charge in [-0.2, -0.15) is 0 Å². The highest BCUT2D eigenvalue weighted by molar-refractivity contribution is 7.91. The average molecular weight is 246 g/mol. The summed E-state index contributed by atoms with van der Waals surface area (Å²) in [5.74, 6) is -0.107. The van der Waals surface area contributed by atoms with Crippen LogP contribution in [0.4, 0.5) is 4.39 Å². The zero-order valence-corrected chi connectivity index (χ0v) is 10.1. The van der Waals surface area contributed by atoms with E-state index in [1.54, 1.807) is 19.9 Å². The molecule has 0 fully saturated rings. The fourth-order valence-corrected chi connectivity index (χ4v) is 1.86. The quantitative estimate of drug-likeness (QED) is 0.798. The lowest BCUT2D eigenvalue weighted by molar-refractivity contribution is 0.338. The van der Waals surface area contributed by atoms with Gasteiger partial charge < -0.3 is 4.74 Å². The molecule has 0 saturated carbocycles. The van der Waals surface area contributed by atoms with Crippen molar-refractivity contribution in [3.63, 3.8) is 0 Å². The Bertz CT molecular complexity index is 440. The maximum Gasteiger partial charge on any atom is 0.155 e. The van der Waals surface area contributed by atoms with Crippen LogP contribution in [0.3, 0.4) is 0 Å². The Morgan fingerprint density at radius 1 is 1.38 bits per heavy atom. The van der Waals surface area contributed by atoms with E-state index in [0.717, 1.165) is 0 Å². The lowest BCUT2D eigenvalue weighted by atomic mass is 10.3. The molecule has 0 amide bonds. The molecule has 16 heavy (non-hydrogen) atoms. The molecule has 0 bridgehead atoms. The molecule has 5 heteroatoms. The van der Waals surface area contributed by atoms with Gasteiger partial charge in [-0.3, -0.25) is 0 Å². The standard InChI is InChI=1S/C11H15FO3S/c1-9(2)16(13,14)7-6-15-11-5-3-4-10(12)8-11/h3-5,8-9H,6-7H2,1-2H3. The van der Waals surface area contributed by atoms with Crippen LogP contribution in [0.5, 0.6) is 5.75 Å². The Kier molecular flexibility index (Phi) is 4.29. The topological polar surface area (TPSA) is 43.4 Å². The van der Waals surface area contributed by atoms with Crippen LogP contribution in [0.1, 0.15) is 13.8 Å². The van der Waals surface area contributed by atoms with Crippen LogP contribution in [-0.4, -0.2) is 26.0 Å². The van der Waals surface area contributed by atoms with Crippen molar-refractivity contribution in [3.05, 3.63) is 30.1 Å². The van der Waals surface area contributed by atoms with Gasteiger partial charge in [0.25, 0.3) is 0 Å². The summed E-state index contributed by atoms with van der Waals surface area (Å²) < 4.78 is 40.8. The zero-order valence-electron chi connectivity index (χ0n) is 9.31. The molecule has 1 aromatic rings. The molecule has 90 valence electrons. The molecule has 1 aromatic carbocycles. The van der Waals surface area contributed by atoms with Crippen molar-refractivity contribution in [2.75, 3.05) is 12.4 Å². The molecule has 0 unspecified atom stereocenters. The maximum absolute atomic E-state index is 12.8. The van der Waals surface area contributed by atoms with Crippen LogP contribution < -0.4 is 4.74 Å². The number of benzene rings is 1. The second kappa shape index (κ2) is 5.30. The summed E-state index contributed by atoms with van der Waals surface area (Å²) >= 11 is 0. The molecule has 0 N–H and O–H groups in total. The minimum absolute atomic E-state index is 0.0456. The van der Waals surface area contributed by atoms with Gasteiger partial charge in [0.1, 0.15) is 18.2 Å². The molecule has 1 rings (SSSR count). The summed E-state index contributed by atoms with van der Waals surface area (Å²) in [6, 6.07) is 5.63. The van der Waals surface area contributed by atoms with Gasteiger partial charge in [-0.1, -0.05) is 6.07 Å². The molecular formula is C11H15FO3S. The summed E-state index contributed by atoms with van der Waals surface area (Å²) in [6.45, 7) is 3.29. The van der Waals surface area contributed by atoms with E-state index >= 15 is 0 Å². The third-order valence-electron chi connectivity index (χ3n) is 2.15. The number of halogens is 1. The molecule has 0 aliphatic heterocycles. The van der Waals surface area contributed by atoms with E-state index in [2.05, 4.69) is 0 Å². The summed E-state index contributed by atoms with van der Waals surface area (Å²) in [6.07, 6.45) is 0. The first kappa shape index (κ1) is 13.0. The van der Waals surface area contributed by atoms with Crippen LogP contribution in [-0.2, 0) is 9.84 Å². The van der Waals surface area contributed by atoms with E-state index in [1.165, 1.54) is 18.2 Å². The Hall–Kier alpha value is -1.10. The van der Waals surface area contributed by atoms with Gasteiger partial charge >= 0.3 is 0 Å². The van der Waals surface area contributed by atoms with Crippen LogP contribution in [0.25, 0.3) is 0 Å². The molecule has 0 aliphatic carbocycles. The SMILES string of the molecule is CC(C)S(=O)(=O)CCOc1cccc(F)c1. The highest BCUT2D eigenvalue weighted by atomic mass is 32.2. The Morgan fingerprint density at radius 3 is 2.62 bits per heavy atom. The minimum atomic E-state index is -3.10. The van der Waals surface area contributed by atoms with Crippen molar-refractivity contribution in [1.82, 2.24) is 0 Å². The van der Waals surface area contributed by atoms with Gasteiger partial charge in [-0.15, -0.1) is 0 Å². The first-order valence-electron chi connectivity index (χ1n) is 5.02. The highest BCUT2D eigenvalue weighted by Gasteiger charge is 2.15. The van der Waals surface area contributed by atoms with Gasteiger partial charge in [-0.05, 0) is 26.0 Å². The predicted molar refractivity (Wildman–Crippen MR) is 60.8 cm³/mol. The molecular weight excluding hydrogens is 231 g/mol. The fourth-order valence-electron chi connectivity index (χ4n) is 1.07. The normalized spacial score (nSPS) is 11.8. The zero-order chi connectivity index (χ0) is 12.2. The number of hydrogen-bond donors (Lipinski definition) is 0. The molecule has 0 aliphatic rings. The van der Waals surface area contributed by atoms with Crippen molar-refractivity contribution in [3.8, 4) is 5.75 Å². The average Bonchev–Trinajstić information content (AvgIpc) is 2.17. The summed E-state index contributed by atoms with van der Waals surface area (Å²) in [7, 11) is -3.10. The third-order valence-corrected chi connectivity index (χ3v) is 4.32. The molecule has 0 aromatic heterocycles. The molecule has 3 nitrogen and oxygen atoms in total. The van der Waals surface area contributed by atoms with Gasteiger partial charge in [0.2, 0.25) is 0 Å². The van der Waals surface area contributed by atoms with Crippen LogP contribution in [0, 0.1) is 5.82 Å². The molecule has 0 radical (unpaired) electrons. The monoisotopic (exact) mass is 246 g/mol. The van der Waals surface area contributed by atoms with Crippen LogP contribution in [0.15, 0.2) is 24.3 Å². The maximum atomic E-state index is 12.8. The van der Waals surface area contributed by atoms with E-state index in [9.17, 15) is 12.8 Å². The first-order valence-corrected chi connectivity index (χ1v) is 6.73. The van der Waals surface area contributed by atoms with E-state index < -0.39 is 20.9 Å². The highest BCUT2D eigenvalue weighted by Crippen LogP contribution is 2.12. The fraction of sp³-hybridized carbons (Fsp3) is 0.455. The van der Waals surface area contributed by atoms with E-state index in [1.807, 2.05) is 0 Å². The van der Waals surface area contributed by atoms with Crippen molar-refractivity contribution in [2.24, 2.45) is 0 Å². The minimum Gasteiger partial charge on any atom is -0.492 e.